The average Bonchev–Trinajstić information content (AvgIpc) is 2.92. The van der Waals surface area contributed by atoms with Crippen LogP contribution in [-0.4, -0.2) is 31.2 Å². The molecule has 1 saturated heterocycles. The van der Waals surface area contributed by atoms with Gasteiger partial charge in [0.25, 0.3) is 0 Å². The minimum Gasteiger partial charge on any atom is -0.494 e. The predicted molar refractivity (Wildman–Crippen MR) is 88.9 cm³/mol. The van der Waals surface area contributed by atoms with E-state index in [1.165, 1.54) is 5.56 Å². The fourth-order valence-corrected chi connectivity index (χ4v) is 3.29. The van der Waals surface area contributed by atoms with Crippen LogP contribution in [0.2, 0.25) is 0 Å². The molecule has 23 heavy (non-hydrogen) atoms. The van der Waals surface area contributed by atoms with Crippen LogP contribution in [0.3, 0.4) is 0 Å². The summed E-state index contributed by atoms with van der Waals surface area (Å²) in [5.74, 6) is 1.84. The smallest absolute Gasteiger partial charge is 0.237 e. The van der Waals surface area contributed by atoms with Gasteiger partial charge < -0.3 is 20.1 Å². The van der Waals surface area contributed by atoms with Crippen molar-refractivity contribution < 1.29 is 14.3 Å². The molecule has 0 spiro atoms. The zero-order chi connectivity index (χ0) is 16.2. The third kappa shape index (κ3) is 3.78. The van der Waals surface area contributed by atoms with E-state index in [1.807, 2.05) is 13.0 Å². The molecule has 2 aliphatic rings. The Morgan fingerprint density at radius 1 is 1.43 bits per heavy atom. The molecular weight excluding hydrogens is 292 g/mol. The molecule has 2 N–H and O–H groups in total. The molecule has 0 bridgehead atoms. The summed E-state index contributed by atoms with van der Waals surface area (Å²) in [7, 11) is 0. The van der Waals surface area contributed by atoms with Crippen molar-refractivity contribution in [2.75, 3.05) is 13.2 Å². The minimum atomic E-state index is -0.0648. The second-order valence-corrected chi connectivity index (χ2v) is 6.35. The van der Waals surface area contributed by atoms with Crippen LogP contribution in [0.5, 0.6) is 11.5 Å². The molecule has 0 radical (unpaired) electrons. The monoisotopic (exact) mass is 318 g/mol. The van der Waals surface area contributed by atoms with Crippen molar-refractivity contribution in [3.05, 3.63) is 23.3 Å². The van der Waals surface area contributed by atoms with Crippen molar-refractivity contribution in [3.8, 4) is 11.5 Å². The van der Waals surface area contributed by atoms with Gasteiger partial charge in [-0.05, 0) is 45.4 Å². The zero-order valence-electron chi connectivity index (χ0n) is 14.0. The highest BCUT2D eigenvalue weighted by molar-refractivity contribution is 5.81. The Balaban J connectivity index is 1.68. The number of hydrogen-bond acceptors (Lipinski definition) is 4. The molecule has 1 amide bonds. The van der Waals surface area contributed by atoms with Crippen molar-refractivity contribution in [1.29, 1.82) is 0 Å². The van der Waals surface area contributed by atoms with Gasteiger partial charge in [-0.1, -0.05) is 6.42 Å². The van der Waals surface area contributed by atoms with E-state index >= 15 is 0 Å². The summed E-state index contributed by atoms with van der Waals surface area (Å²) >= 11 is 0. The Labute approximate surface area is 137 Å². The second-order valence-electron chi connectivity index (χ2n) is 6.35. The molecule has 1 aromatic rings. The van der Waals surface area contributed by atoms with E-state index in [2.05, 4.69) is 23.6 Å². The molecule has 5 nitrogen and oxygen atoms in total. The first-order chi connectivity index (χ1) is 11.2. The fraction of sp³-hybridized carbons (Fsp3) is 0.611. The number of piperidine rings is 1. The topological polar surface area (TPSA) is 59.6 Å². The van der Waals surface area contributed by atoms with Gasteiger partial charge in [0.05, 0.1) is 12.6 Å². The lowest BCUT2D eigenvalue weighted by Crippen LogP contribution is -2.46. The minimum absolute atomic E-state index is 0.0648. The first-order valence-electron chi connectivity index (χ1n) is 8.63. The lowest BCUT2D eigenvalue weighted by Gasteiger charge is -2.23. The summed E-state index contributed by atoms with van der Waals surface area (Å²) in [6, 6.07) is 4.01. The molecule has 1 aromatic carbocycles. The van der Waals surface area contributed by atoms with Crippen molar-refractivity contribution in [2.24, 2.45) is 0 Å². The Morgan fingerprint density at radius 2 is 2.30 bits per heavy atom. The maximum absolute atomic E-state index is 12.3. The van der Waals surface area contributed by atoms with Crippen molar-refractivity contribution in [2.45, 2.75) is 58.2 Å². The SMILES string of the molecule is CCOc1cc2c(cc1CNC(=O)C1CCCCN1)OC(C)C2. The first-order valence-corrected chi connectivity index (χ1v) is 8.63. The van der Waals surface area contributed by atoms with Crippen molar-refractivity contribution >= 4 is 5.91 Å². The number of ether oxygens (including phenoxy) is 2. The van der Waals surface area contributed by atoms with E-state index in [1.54, 1.807) is 0 Å². The summed E-state index contributed by atoms with van der Waals surface area (Å²) in [5.41, 5.74) is 2.16. The molecule has 1 fully saturated rings. The molecule has 2 heterocycles. The molecular formula is C18H26N2O3. The molecule has 2 unspecified atom stereocenters. The third-order valence-corrected chi connectivity index (χ3v) is 4.46. The third-order valence-electron chi connectivity index (χ3n) is 4.46. The summed E-state index contributed by atoms with van der Waals surface area (Å²) in [5, 5.41) is 6.31. The Morgan fingerprint density at radius 3 is 3.04 bits per heavy atom. The lowest BCUT2D eigenvalue weighted by molar-refractivity contribution is -0.123. The Hall–Kier alpha value is -1.75. The van der Waals surface area contributed by atoms with E-state index in [0.717, 1.165) is 49.3 Å². The van der Waals surface area contributed by atoms with Crippen LogP contribution in [0.1, 0.15) is 44.2 Å². The van der Waals surface area contributed by atoms with Gasteiger partial charge in [0.1, 0.15) is 17.6 Å². The molecule has 3 rings (SSSR count). The number of hydrogen-bond donors (Lipinski definition) is 2. The van der Waals surface area contributed by atoms with Crippen molar-refractivity contribution in [3.63, 3.8) is 0 Å². The number of rotatable bonds is 5. The number of nitrogens with one attached hydrogen (secondary N) is 2. The van der Waals surface area contributed by atoms with Crippen LogP contribution >= 0.6 is 0 Å². The van der Waals surface area contributed by atoms with E-state index in [9.17, 15) is 4.79 Å². The first kappa shape index (κ1) is 16.1. The number of carbonyl (C=O) groups excluding carboxylic acids is 1. The maximum atomic E-state index is 12.3. The van der Waals surface area contributed by atoms with E-state index in [4.69, 9.17) is 9.47 Å². The van der Waals surface area contributed by atoms with E-state index in [0.29, 0.717) is 13.2 Å². The van der Waals surface area contributed by atoms with Crippen LogP contribution in [-0.2, 0) is 17.8 Å². The highest BCUT2D eigenvalue weighted by atomic mass is 16.5. The summed E-state index contributed by atoms with van der Waals surface area (Å²) in [4.78, 5) is 12.3. The van der Waals surface area contributed by atoms with E-state index in [-0.39, 0.29) is 18.1 Å². The van der Waals surface area contributed by atoms with Gasteiger partial charge in [-0.2, -0.15) is 0 Å². The summed E-state index contributed by atoms with van der Waals surface area (Å²) in [6.45, 7) is 6.04. The Bertz CT molecular complexity index is 568. The van der Waals surface area contributed by atoms with Gasteiger partial charge >= 0.3 is 0 Å². The maximum Gasteiger partial charge on any atom is 0.237 e. The number of carbonyl (C=O) groups is 1. The Kier molecular flexibility index (Phi) is 5.06. The van der Waals surface area contributed by atoms with Gasteiger partial charge in [0.2, 0.25) is 5.91 Å². The van der Waals surface area contributed by atoms with Gasteiger partial charge in [-0.3, -0.25) is 4.79 Å². The van der Waals surface area contributed by atoms with Gasteiger partial charge in [-0.15, -0.1) is 0 Å². The van der Waals surface area contributed by atoms with E-state index < -0.39 is 0 Å². The summed E-state index contributed by atoms with van der Waals surface area (Å²) < 4.78 is 11.6. The number of benzene rings is 1. The van der Waals surface area contributed by atoms with Gasteiger partial charge in [-0.25, -0.2) is 0 Å². The molecule has 0 saturated carbocycles. The quantitative estimate of drug-likeness (QED) is 0.873. The van der Waals surface area contributed by atoms with Crippen molar-refractivity contribution in [1.82, 2.24) is 10.6 Å². The van der Waals surface area contributed by atoms with Crippen LogP contribution in [0.4, 0.5) is 0 Å². The summed E-state index contributed by atoms with van der Waals surface area (Å²) in [6.07, 6.45) is 4.29. The highest BCUT2D eigenvalue weighted by Gasteiger charge is 2.23. The second kappa shape index (κ2) is 7.21. The number of amides is 1. The lowest BCUT2D eigenvalue weighted by atomic mass is 10.0. The van der Waals surface area contributed by atoms with Crippen LogP contribution < -0.4 is 20.1 Å². The van der Waals surface area contributed by atoms with Crippen LogP contribution in [0.25, 0.3) is 0 Å². The van der Waals surface area contributed by atoms with Gasteiger partial charge in [0, 0.05) is 24.1 Å². The molecule has 0 aliphatic carbocycles. The number of fused-ring (bicyclic) bond motifs is 1. The standard InChI is InChI=1S/C18H26N2O3/c1-3-22-16-9-13-8-12(2)23-17(13)10-14(16)11-20-18(21)15-6-4-5-7-19-15/h9-10,12,15,19H,3-8,11H2,1-2H3,(H,20,21). The molecule has 0 aromatic heterocycles. The average molecular weight is 318 g/mol. The molecule has 126 valence electrons. The highest BCUT2D eigenvalue weighted by Crippen LogP contribution is 2.35. The normalized spacial score (nSPS) is 23.0. The van der Waals surface area contributed by atoms with Crippen LogP contribution in [0.15, 0.2) is 12.1 Å². The predicted octanol–water partition coefficient (Wildman–Crippen LogP) is 2.17. The zero-order valence-corrected chi connectivity index (χ0v) is 14.0. The van der Waals surface area contributed by atoms with Crippen LogP contribution in [0, 0.1) is 0 Å². The largest absolute Gasteiger partial charge is 0.494 e. The molecule has 5 heteroatoms. The molecule has 2 aliphatic heterocycles. The fourth-order valence-electron chi connectivity index (χ4n) is 3.29. The van der Waals surface area contributed by atoms with Gasteiger partial charge in [0.15, 0.2) is 0 Å². The molecule has 2 atom stereocenters.